The van der Waals surface area contributed by atoms with Gasteiger partial charge in [-0.2, -0.15) is 17.7 Å². The molecule has 0 atom stereocenters. The standard InChI is InChI=1S/C12H20N2OS/c1-2-6-14-8-11(7-13-14)15-9-12(10-16)4-3-5-12/h7-8,16H,2-6,9-10H2,1H3. The summed E-state index contributed by atoms with van der Waals surface area (Å²) in [4.78, 5) is 0. The monoisotopic (exact) mass is 240 g/mol. The van der Waals surface area contributed by atoms with Crippen molar-refractivity contribution in [3.8, 4) is 5.75 Å². The van der Waals surface area contributed by atoms with Crippen LogP contribution in [0, 0.1) is 5.41 Å². The topological polar surface area (TPSA) is 27.1 Å². The summed E-state index contributed by atoms with van der Waals surface area (Å²) in [7, 11) is 0. The van der Waals surface area contributed by atoms with Gasteiger partial charge in [-0.1, -0.05) is 13.3 Å². The van der Waals surface area contributed by atoms with Gasteiger partial charge in [-0.15, -0.1) is 0 Å². The number of rotatable bonds is 6. The van der Waals surface area contributed by atoms with Gasteiger partial charge in [0, 0.05) is 12.0 Å². The molecular formula is C12H20N2OS. The molecule has 1 aliphatic rings. The second-order valence-electron chi connectivity index (χ2n) is 4.74. The summed E-state index contributed by atoms with van der Waals surface area (Å²) in [6.45, 7) is 3.89. The molecule has 0 N–H and O–H groups in total. The molecule has 0 aliphatic heterocycles. The van der Waals surface area contributed by atoms with Gasteiger partial charge in [-0.3, -0.25) is 4.68 Å². The summed E-state index contributed by atoms with van der Waals surface area (Å²) in [6.07, 6.45) is 8.70. The predicted molar refractivity (Wildman–Crippen MR) is 68.2 cm³/mol. The number of thiol groups is 1. The minimum Gasteiger partial charge on any atom is -0.490 e. The molecule has 0 aromatic carbocycles. The largest absolute Gasteiger partial charge is 0.490 e. The van der Waals surface area contributed by atoms with E-state index in [0.717, 1.165) is 31.1 Å². The van der Waals surface area contributed by atoms with Gasteiger partial charge in [0.1, 0.15) is 0 Å². The first-order chi connectivity index (χ1) is 7.78. The van der Waals surface area contributed by atoms with E-state index in [-0.39, 0.29) is 0 Å². The van der Waals surface area contributed by atoms with Crippen LogP contribution in [0.4, 0.5) is 0 Å². The van der Waals surface area contributed by atoms with Gasteiger partial charge in [0.15, 0.2) is 5.75 Å². The Morgan fingerprint density at radius 2 is 2.38 bits per heavy atom. The van der Waals surface area contributed by atoms with Crippen molar-refractivity contribution in [3.63, 3.8) is 0 Å². The van der Waals surface area contributed by atoms with Crippen LogP contribution in [0.2, 0.25) is 0 Å². The van der Waals surface area contributed by atoms with E-state index in [1.807, 2.05) is 10.9 Å². The van der Waals surface area contributed by atoms with Crippen LogP contribution >= 0.6 is 12.6 Å². The van der Waals surface area contributed by atoms with Crippen LogP contribution in [0.5, 0.6) is 5.75 Å². The van der Waals surface area contributed by atoms with Crippen LogP contribution in [0.1, 0.15) is 32.6 Å². The molecule has 0 spiro atoms. The quantitative estimate of drug-likeness (QED) is 0.774. The van der Waals surface area contributed by atoms with Crippen molar-refractivity contribution >= 4 is 12.6 Å². The zero-order valence-corrected chi connectivity index (χ0v) is 10.7. The Bertz CT molecular complexity index is 328. The number of aromatic nitrogens is 2. The fourth-order valence-electron chi connectivity index (χ4n) is 2.03. The molecule has 0 unspecified atom stereocenters. The highest BCUT2D eigenvalue weighted by atomic mass is 32.1. The fraction of sp³-hybridized carbons (Fsp3) is 0.750. The Hall–Kier alpha value is -0.640. The lowest BCUT2D eigenvalue weighted by Gasteiger charge is -2.40. The molecule has 4 heteroatoms. The van der Waals surface area contributed by atoms with Gasteiger partial charge in [0.2, 0.25) is 0 Å². The molecule has 90 valence electrons. The molecule has 0 bridgehead atoms. The van der Waals surface area contributed by atoms with Crippen molar-refractivity contribution in [2.24, 2.45) is 5.41 Å². The summed E-state index contributed by atoms with van der Waals surface area (Å²) in [6, 6.07) is 0. The summed E-state index contributed by atoms with van der Waals surface area (Å²) >= 11 is 4.42. The molecule has 1 fully saturated rings. The molecule has 3 nitrogen and oxygen atoms in total. The normalized spacial score (nSPS) is 18.1. The van der Waals surface area contributed by atoms with Gasteiger partial charge in [0.25, 0.3) is 0 Å². The van der Waals surface area contributed by atoms with Gasteiger partial charge in [-0.25, -0.2) is 0 Å². The van der Waals surface area contributed by atoms with Crippen LogP contribution in [0.25, 0.3) is 0 Å². The Kier molecular flexibility index (Phi) is 3.79. The number of aryl methyl sites for hydroxylation is 1. The summed E-state index contributed by atoms with van der Waals surface area (Å²) in [5.74, 6) is 1.82. The Balaban J connectivity index is 1.84. The van der Waals surface area contributed by atoms with E-state index < -0.39 is 0 Å². The van der Waals surface area contributed by atoms with Crippen LogP contribution in [-0.2, 0) is 6.54 Å². The third kappa shape index (κ3) is 2.54. The van der Waals surface area contributed by atoms with Crippen molar-refractivity contribution < 1.29 is 4.74 Å². The van der Waals surface area contributed by atoms with E-state index >= 15 is 0 Å². The highest BCUT2D eigenvalue weighted by Crippen LogP contribution is 2.42. The molecule has 0 saturated heterocycles. The molecule has 1 aliphatic carbocycles. The second-order valence-corrected chi connectivity index (χ2v) is 5.06. The Morgan fingerprint density at radius 1 is 1.56 bits per heavy atom. The first kappa shape index (κ1) is 11.8. The molecule has 1 heterocycles. The third-order valence-corrected chi connectivity index (χ3v) is 4.03. The molecule has 1 saturated carbocycles. The first-order valence-electron chi connectivity index (χ1n) is 6.04. The first-order valence-corrected chi connectivity index (χ1v) is 6.67. The zero-order chi connectivity index (χ0) is 11.4. The summed E-state index contributed by atoms with van der Waals surface area (Å²) in [5, 5.41) is 4.25. The SMILES string of the molecule is CCCn1cc(OCC2(CS)CCC2)cn1. The molecule has 1 aromatic heterocycles. The van der Waals surface area contributed by atoms with Crippen LogP contribution in [0.15, 0.2) is 12.4 Å². The van der Waals surface area contributed by atoms with Crippen molar-refractivity contribution in [2.45, 2.75) is 39.2 Å². The van der Waals surface area contributed by atoms with Crippen LogP contribution < -0.4 is 4.74 Å². The molecule has 0 radical (unpaired) electrons. The number of hydrogen-bond donors (Lipinski definition) is 1. The van der Waals surface area contributed by atoms with Crippen LogP contribution in [0.3, 0.4) is 0 Å². The molecule has 0 amide bonds. The highest BCUT2D eigenvalue weighted by molar-refractivity contribution is 7.80. The van der Waals surface area contributed by atoms with Crippen molar-refractivity contribution in [3.05, 3.63) is 12.4 Å². The Labute approximate surface area is 103 Å². The second kappa shape index (κ2) is 5.13. The maximum atomic E-state index is 5.80. The van der Waals surface area contributed by atoms with E-state index in [9.17, 15) is 0 Å². The van der Waals surface area contributed by atoms with E-state index in [1.54, 1.807) is 6.20 Å². The minimum atomic E-state index is 0.329. The molecule has 16 heavy (non-hydrogen) atoms. The van der Waals surface area contributed by atoms with Crippen molar-refractivity contribution in [2.75, 3.05) is 12.4 Å². The summed E-state index contributed by atoms with van der Waals surface area (Å²) in [5.41, 5.74) is 0.329. The van der Waals surface area contributed by atoms with E-state index in [2.05, 4.69) is 24.7 Å². The van der Waals surface area contributed by atoms with E-state index in [1.165, 1.54) is 19.3 Å². The lowest BCUT2D eigenvalue weighted by molar-refractivity contribution is 0.0829. The van der Waals surface area contributed by atoms with E-state index in [0.29, 0.717) is 5.41 Å². The van der Waals surface area contributed by atoms with Gasteiger partial charge in [0.05, 0.1) is 19.0 Å². The molecule has 2 rings (SSSR count). The van der Waals surface area contributed by atoms with Gasteiger partial charge in [-0.05, 0) is 25.0 Å². The average molecular weight is 240 g/mol. The zero-order valence-electron chi connectivity index (χ0n) is 9.85. The molecular weight excluding hydrogens is 220 g/mol. The Morgan fingerprint density at radius 3 is 2.94 bits per heavy atom. The lowest BCUT2D eigenvalue weighted by Crippen LogP contribution is -2.37. The smallest absolute Gasteiger partial charge is 0.157 e. The highest BCUT2D eigenvalue weighted by Gasteiger charge is 2.36. The van der Waals surface area contributed by atoms with Gasteiger partial charge >= 0.3 is 0 Å². The average Bonchev–Trinajstić information content (AvgIpc) is 2.66. The van der Waals surface area contributed by atoms with Crippen molar-refractivity contribution in [1.29, 1.82) is 0 Å². The predicted octanol–water partition coefficient (Wildman–Crippen LogP) is 2.77. The molecule has 1 aromatic rings. The number of hydrogen-bond acceptors (Lipinski definition) is 3. The van der Waals surface area contributed by atoms with E-state index in [4.69, 9.17) is 4.74 Å². The van der Waals surface area contributed by atoms with Gasteiger partial charge < -0.3 is 4.74 Å². The maximum absolute atomic E-state index is 5.80. The number of nitrogens with zero attached hydrogens (tertiary/aromatic N) is 2. The fourth-order valence-corrected chi connectivity index (χ4v) is 2.44. The van der Waals surface area contributed by atoms with Crippen molar-refractivity contribution in [1.82, 2.24) is 9.78 Å². The number of ether oxygens (including phenoxy) is 1. The summed E-state index contributed by atoms with van der Waals surface area (Å²) < 4.78 is 7.73. The van der Waals surface area contributed by atoms with Crippen LogP contribution in [-0.4, -0.2) is 22.1 Å². The maximum Gasteiger partial charge on any atom is 0.157 e. The minimum absolute atomic E-state index is 0.329. The lowest BCUT2D eigenvalue weighted by atomic mass is 9.71. The third-order valence-electron chi connectivity index (χ3n) is 3.36.